The van der Waals surface area contributed by atoms with Crippen LogP contribution in [0, 0.1) is 13.8 Å². The number of piperidine rings is 1. The Morgan fingerprint density at radius 3 is 2.41 bits per heavy atom. The molecule has 1 fully saturated rings. The molecule has 1 aliphatic rings. The van der Waals surface area contributed by atoms with Gasteiger partial charge in [0, 0.05) is 18.7 Å². The van der Waals surface area contributed by atoms with Crippen molar-refractivity contribution in [1.82, 2.24) is 9.97 Å². The molecule has 0 aliphatic carbocycles. The van der Waals surface area contributed by atoms with E-state index in [2.05, 4.69) is 21.4 Å². The van der Waals surface area contributed by atoms with E-state index < -0.39 is 11.4 Å². The smallest absolute Gasteiger partial charge is 0.150 e. The van der Waals surface area contributed by atoms with E-state index in [0.717, 1.165) is 52.5 Å². The van der Waals surface area contributed by atoms with Crippen molar-refractivity contribution >= 4 is 33.9 Å². The summed E-state index contributed by atoms with van der Waals surface area (Å²) in [6.07, 6.45) is 3.68. The fraction of sp³-hybridized carbons (Fsp3) is 0.571. The topological polar surface area (TPSA) is 64.4 Å². The number of aryl methyl sites for hydroxylation is 2. The summed E-state index contributed by atoms with van der Waals surface area (Å²) in [7, 11) is 0. The van der Waals surface area contributed by atoms with Gasteiger partial charge in [-0.25, -0.2) is 9.97 Å². The number of anilines is 1. The first-order chi connectivity index (χ1) is 12.7. The van der Waals surface area contributed by atoms with Crippen LogP contribution >= 0.6 is 0 Å². The van der Waals surface area contributed by atoms with Crippen LogP contribution in [-0.2, 0) is 11.4 Å². The first-order valence-corrected chi connectivity index (χ1v) is 10.8. The van der Waals surface area contributed by atoms with Crippen LogP contribution in [-0.4, -0.2) is 38.1 Å². The molecule has 3 rings (SSSR count). The molecular formula is C21H30N4OS. The normalized spacial score (nSPS) is 17.4. The standard InChI is InChI=1S/C21H30N4OS/c1-14-12-17(15(2)24-27(26)21(4,5)6)19-18(13-14)22-16(3)20(23-19)25-10-8-7-9-11-25/h12-13H,7-11H2,1-6H3. The van der Waals surface area contributed by atoms with Gasteiger partial charge in [0.05, 0.1) is 16.9 Å². The zero-order chi connectivity index (χ0) is 19.8. The lowest BCUT2D eigenvalue weighted by Crippen LogP contribution is -2.31. The third-order valence-corrected chi connectivity index (χ3v) is 6.34. The van der Waals surface area contributed by atoms with E-state index in [1.165, 1.54) is 19.3 Å². The molecule has 1 aromatic heterocycles. The minimum absolute atomic E-state index is 0.387. The van der Waals surface area contributed by atoms with E-state index >= 15 is 0 Å². The van der Waals surface area contributed by atoms with E-state index in [1.807, 2.05) is 41.5 Å². The minimum atomic E-state index is -1.30. The fourth-order valence-electron chi connectivity index (χ4n) is 3.37. The highest BCUT2D eigenvalue weighted by atomic mass is 32.2. The number of rotatable bonds is 3. The Bertz CT molecular complexity index is 867. The Morgan fingerprint density at radius 2 is 1.78 bits per heavy atom. The SMILES string of the molecule is CC(=N[S+]([O-])C(C)(C)C)c1cc(C)cc2nc(C)c(N3CCCCC3)nc12. The van der Waals surface area contributed by atoms with Crippen molar-refractivity contribution in [2.75, 3.05) is 18.0 Å². The maximum absolute atomic E-state index is 12.5. The number of fused-ring (bicyclic) bond motifs is 1. The summed E-state index contributed by atoms with van der Waals surface area (Å²) in [5.74, 6) is 0.969. The number of benzene rings is 1. The summed E-state index contributed by atoms with van der Waals surface area (Å²) in [6, 6.07) is 4.14. The van der Waals surface area contributed by atoms with Gasteiger partial charge in [-0.2, -0.15) is 0 Å². The second-order valence-corrected chi connectivity index (χ2v) is 10.3. The zero-order valence-corrected chi connectivity index (χ0v) is 18.1. The molecule has 1 aromatic carbocycles. The quantitative estimate of drug-likeness (QED) is 0.575. The molecule has 6 heteroatoms. The highest BCUT2D eigenvalue weighted by Crippen LogP contribution is 2.27. The molecule has 27 heavy (non-hydrogen) atoms. The molecule has 0 amide bonds. The Labute approximate surface area is 165 Å². The van der Waals surface area contributed by atoms with Crippen molar-refractivity contribution in [2.45, 2.75) is 65.6 Å². The zero-order valence-electron chi connectivity index (χ0n) is 17.3. The van der Waals surface area contributed by atoms with Gasteiger partial charge in [-0.1, -0.05) is 4.40 Å². The van der Waals surface area contributed by atoms with Crippen LogP contribution in [0.3, 0.4) is 0 Å². The van der Waals surface area contributed by atoms with Gasteiger partial charge < -0.3 is 9.45 Å². The van der Waals surface area contributed by atoms with Crippen molar-refractivity contribution in [3.8, 4) is 0 Å². The molecule has 0 spiro atoms. The summed E-state index contributed by atoms with van der Waals surface area (Å²) in [5.41, 5.74) is 5.47. The summed E-state index contributed by atoms with van der Waals surface area (Å²) in [6.45, 7) is 13.9. The van der Waals surface area contributed by atoms with Crippen LogP contribution in [0.2, 0.25) is 0 Å². The molecule has 1 aliphatic heterocycles. The second kappa shape index (κ2) is 7.76. The van der Waals surface area contributed by atoms with Crippen LogP contribution in [0.25, 0.3) is 11.0 Å². The van der Waals surface area contributed by atoms with Crippen molar-refractivity contribution in [3.63, 3.8) is 0 Å². The van der Waals surface area contributed by atoms with E-state index in [1.54, 1.807) is 0 Å². The first-order valence-electron chi connectivity index (χ1n) is 9.68. The first kappa shape index (κ1) is 20.1. The van der Waals surface area contributed by atoms with Gasteiger partial charge in [0.1, 0.15) is 21.6 Å². The Kier molecular flexibility index (Phi) is 5.77. The average Bonchev–Trinajstić information content (AvgIpc) is 2.60. The summed E-state index contributed by atoms with van der Waals surface area (Å²) >= 11 is -1.30. The Balaban J connectivity index is 2.12. The average molecular weight is 387 g/mol. The molecule has 1 saturated heterocycles. The number of aromatic nitrogens is 2. The third kappa shape index (κ3) is 4.43. The molecular weight excluding hydrogens is 356 g/mol. The van der Waals surface area contributed by atoms with Gasteiger partial charge >= 0.3 is 0 Å². The van der Waals surface area contributed by atoms with Crippen LogP contribution < -0.4 is 4.90 Å². The monoisotopic (exact) mass is 386 g/mol. The molecule has 5 nitrogen and oxygen atoms in total. The number of nitrogens with zero attached hydrogens (tertiary/aromatic N) is 4. The maximum Gasteiger partial charge on any atom is 0.150 e. The molecule has 146 valence electrons. The van der Waals surface area contributed by atoms with Crippen molar-refractivity contribution in [3.05, 3.63) is 29.0 Å². The van der Waals surface area contributed by atoms with E-state index in [9.17, 15) is 4.55 Å². The molecule has 2 aromatic rings. The van der Waals surface area contributed by atoms with Gasteiger partial charge in [0.2, 0.25) is 0 Å². The maximum atomic E-state index is 12.5. The lowest BCUT2D eigenvalue weighted by molar-refractivity contribution is 0.561. The van der Waals surface area contributed by atoms with Crippen molar-refractivity contribution in [2.24, 2.45) is 4.40 Å². The predicted octanol–water partition coefficient (Wildman–Crippen LogP) is 4.51. The Hall–Kier alpha value is -1.66. The van der Waals surface area contributed by atoms with E-state index in [-0.39, 0.29) is 4.75 Å². The minimum Gasteiger partial charge on any atom is -0.591 e. The molecule has 0 saturated carbocycles. The lowest BCUT2D eigenvalue weighted by Gasteiger charge is -2.29. The van der Waals surface area contributed by atoms with E-state index in [0.29, 0.717) is 0 Å². The molecule has 1 atom stereocenters. The molecule has 1 unspecified atom stereocenters. The van der Waals surface area contributed by atoms with Gasteiger partial charge in [-0.05, 0) is 78.5 Å². The van der Waals surface area contributed by atoms with Crippen molar-refractivity contribution < 1.29 is 4.55 Å². The number of hydrogen-bond donors (Lipinski definition) is 0. The lowest BCUT2D eigenvalue weighted by atomic mass is 10.0. The summed E-state index contributed by atoms with van der Waals surface area (Å²) < 4.78 is 16.6. The van der Waals surface area contributed by atoms with Crippen LogP contribution in [0.5, 0.6) is 0 Å². The number of hydrogen-bond acceptors (Lipinski definition) is 5. The summed E-state index contributed by atoms with van der Waals surface area (Å²) in [4.78, 5) is 12.2. The van der Waals surface area contributed by atoms with Crippen LogP contribution in [0.4, 0.5) is 5.82 Å². The molecule has 0 radical (unpaired) electrons. The Morgan fingerprint density at radius 1 is 1.11 bits per heavy atom. The fourth-order valence-corrected chi connectivity index (χ4v) is 3.99. The van der Waals surface area contributed by atoms with Gasteiger partial charge in [-0.3, -0.25) is 0 Å². The van der Waals surface area contributed by atoms with Crippen molar-refractivity contribution in [1.29, 1.82) is 0 Å². The van der Waals surface area contributed by atoms with Gasteiger partial charge in [-0.15, -0.1) is 0 Å². The predicted molar refractivity (Wildman–Crippen MR) is 115 cm³/mol. The second-order valence-electron chi connectivity index (χ2n) is 8.40. The van der Waals surface area contributed by atoms with E-state index in [4.69, 9.17) is 9.97 Å². The summed E-state index contributed by atoms with van der Waals surface area (Å²) in [5, 5.41) is 0. The van der Waals surface area contributed by atoms with Crippen LogP contribution in [0.15, 0.2) is 16.5 Å². The largest absolute Gasteiger partial charge is 0.591 e. The van der Waals surface area contributed by atoms with Crippen LogP contribution in [0.1, 0.15) is 63.8 Å². The third-order valence-electron chi connectivity index (χ3n) is 4.85. The van der Waals surface area contributed by atoms with Gasteiger partial charge in [0.15, 0.2) is 5.82 Å². The van der Waals surface area contributed by atoms with Gasteiger partial charge in [0.25, 0.3) is 0 Å². The highest BCUT2D eigenvalue weighted by molar-refractivity contribution is 7.91. The molecule has 0 N–H and O–H groups in total. The molecule has 2 heterocycles. The molecule has 0 bridgehead atoms. The highest BCUT2D eigenvalue weighted by Gasteiger charge is 2.27.